The number of aliphatic carboxylic acids is 2. The summed E-state index contributed by atoms with van der Waals surface area (Å²) in [5.74, 6) is -4.30. The number of carbonyl (C=O) groups excluding carboxylic acids is 3. The molecule has 142 valence electrons. The number of hydrogen-bond acceptors (Lipinski definition) is 6. The lowest BCUT2D eigenvalue weighted by molar-refractivity contribution is -0.142. The van der Waals surface area contributed by atoms with Crippen LogP contribution in [0.2, 0.25) is 0 Å². The van der Waals surface area contributed by atoms with E-state index in [2.05, 4.69) is 28.6 Å². The van der Waals surface area contributed by atoms with Crippen LogP contribution in [0.15, 0.2) is 0 Å². The standard InChI is InChI=1S/C14H23N3O7S/c1-2-3-10(18)16-8(14(23)24)4-5-11(19)17-9(7-25)13(22)15-6-12(20)21/h8-9,25H,2-7H2,1H3,(H,15,22)(H,16,18)(H,17,19)(H,20,21)(H,23,24)/t8-,9-/m0/s1. The number of carbonyl (C=O) groups is 5. The zero-order chi connectivity index (χ0) is 19.4. The Balaban J connectivity index is 4.48. The van der Waals surface area contributed by atoms with Crippen LogP contribution in [0.25, 0.3) is 0 Å². The Morgan fingerprint density at radius 3 is 2.00 bits per heavy atom. The Kier molecular flexibility index (Phi) is 11.0. The Bertz CT molecular complexity index is 513. The molecule has 5 N–H and O–H groups in total. The second kappa shape index (κ2) is 12.1. The van der Waals surface area contributed by atoms with E-state index in [1.807, 2.05) is 0 Å². The van der Waals surface area contributed by atoms with Crippen molar-refractivity contribution in [1.82, 2.24) is 16.0 Å². The third-order valence-electron chi connectivity index (χ3n) is 3.02. The van der Waals surface area contributed by atoms with E-state index >= 15 is 0 Å². The number of amides is 3. The molecule has 3 amide bonds. The molecule has 0 bridgehead atoms. The molecule has 0 heterocycles. The van der Waals surface area contributed by atoms with Crippen molar-refractivity contribution in [2.45, 2.75) is 44.7 Å². The maximum atomic E-state index is 11.8. The highest BCUT2D eigenvalue weighted by atomic mass is 32.1. The molecule has 0 fully saturated rings. The minimum atomic E-state index is -1.26. The molecule has 0 saturated carbocycles. The van der Waals surface area contributed by atoms with Crippen molar-refractivity contribution in [3.05, 3.63) is 0 Å². The molecule has 0 aliphatic heterocycles. The Labute approximate surface area is 150 Å². The first kappa shape index (κ1) is 22.7. The van der Waals surface area contributed by atoms with E-state index in [0.717, 1.165) is 0 Å². The topological polar surface area (TPSA) is 162 Å². The Hall–Kier alpha value is -2.30. The van der Waals surface area contributed by atoms with Gasteiger partial charge in [0.2, 0.25) is 17.7 Å². The van der Waals surface area contributed by atoms with E-state index in [9.17, 15) is 24.0 Å². The lowest BCUT2D eigenvalue weighted by Crippen LogP contribution is -2.49. The Morgan fingerprint density at radius 2 is 1.52 bits per heavy atom. The number of thiol groups is 1. The summed E-state index contributed by atoms with van der Waals surface area (Å²) in [6, 6.07) is -2.26. The SMILES string of the molecule is CCCC(=O)N[C@@H](CCC(=O)N[C@@H](CS)C(=O)NCC(=O)O)C(=O)O. The normalized spacial score (nSPS) is 12.6. The molecular weight excluding hydrogens is 354 g/mol. The summed E-state index contributed by atoms with van der Waals surface area (Å²) < 4.78 is 0. The number of nitrogens with one attached hydrogen (secondary N) is 3. The molecule has 0 radical (unpaired) electrons. The first-order valence-electron chi connectivity index (χ1n) is 7.63. The Morgan fingerprint density at radius 1 is 0.960 bits per heavy atom. The molecule has 11 heteroatoms. The summed E-state index contributed by atoms with van der Waals surface area (Å²) in [4.78, 5) is 56.5. The molecule has 0 spiro atoms. The van der Waals surface area contributed by atoms with Crippen LogP contribution in [-0.4, -0.2) is 64.3 Å². The lowest BCUT2D eigenvalue weighted by atomic mass is 10.1. The number of rotatable bonds is 12. The van der Waals surface area contributed by atoms with E-state index < -0.39 is 48.3 Å². The van der Waals surface area contributed by atoms with Gasteiger partial charge in [0.25, 0.3) is 0 Å². The van der Waals surface area contributed by atoms with Crippen LogP contribution in [-0.2, 0) is 24.0 Å². The van der Waals surface area contributed by atoms with E-state index in [-0.39, 0.29) is 25.0 Å². The summed E-state index contributed by atoms with van der Waals surface area (Å²) in [5, 5.41) is 24.3. The van der Waals surface area contributed by atoms with Gasteiger partial charge in [-0.25, -0.2) is 4.79 Å². The van der Waals surface area contributed by atoms with Crippen molar-refractivity contribution < 1.29 is 34.2 Å². The molecule has 0 rings (SSSR count). The number of hydrogen-bond donors (Lipinski definition) is 6. The highest BCUT2D eigenvalue weighted by Crippen LogP contribution is 2.01. The molecule has 2 atom stereocenters. The highest BCUT2D eigenvalue weighted by Gasteiger charge is 2.23. The summed E-state index contributed by atoms with van der Waals surface area (Å²) in [5.41, 5.74) is 0. The van der Waals surface area contributed by atoms with Crippen molar-refractivity contribution in [1.29, 1.82) is 0 Å². The number of carboxylic acids is 2. The molecule has 0 unspecified atom stereocenters. The first-order chi connectivity index (χ1) is 11.7. The third kappa shape index (κ3) is 10.2. The maximum Gasteiger partial charge on any atom is 0.326 e. The third-order valence-corrected chi connectivity index (χ3v) is 3.38. The number of carboxylic acid groups (broad SMARTS) is 2. The van der Waals surface area contributed by atoms with Gasteiger partial charge in [-0.3, -0.25) is 19.2 Å². The summed E-state index contributed by atoms with van der Waals surface area (Å²) in [7, 11) is 0. The molecule has 0 aliphatic rings. The minimum Gasteiger partial charge on any atom is -0.480 e. The van der Waals surface area contributed by atoms with Crippen molar-refractivity contribution in [2.75, 3.05) is 12.3 Å². The van der Waals surface area contributed by atoms with Gasteiger partial charge in [0, 0.05) is 18.6 Å². The van der Waals surface area contributed by atoms with Crippen LogP contribution in [0, 0.1) is 0 Å². The summed E-state index contributed by atoms with van der Waals surface area (Å²) >= 11 is 3.91. The van der Waals surface area contributed by atoms with Gasteiger partial charge in [-0.05, 0) is 12.8 Å². The van der Waals surface area contributed by atoms with Crippen LogP contribution >= 0.6 is 12.6 Å². The average molecular weight is 377 g/mol. The molecule has 0 aromatic carbocycles. The van der Waals surface area contributed by atoms with Crippen LogP contribution < -0.4 is 16.0 Å². The van der Waals surface area contributed by atoms with Gasteiger partial charge in [-0.1, -0.05) is 6.92 Å². The van der Waals surface area contributed by atoms with Gasteiger partial charge < -0.3 is 26.2 Å². The van der Waals surface area contributed by atoms with Crippen LogP contribution in [0.3, 0.4) is 0 Å². The zero-order valence-corrected chi connectivity index (χ0v) is 14.7. The van der Waals surface area contributed by atoms with Gasteiger partial charge in [-0.2, -0.15) is 12.6 Å². The predicted molar refractivity (Wildman–Crippen MR) is 90.1 cm³/mol. The fraction of sp³-hybridized carbons (Fsp3) is 0.643. The molecular formula is C14H23N3O7S. The lowest BCUT2D eigenvalue weighted by Gasteiger charge is -2.17. The van der Waals surface area contributed by atoms with Crippen molar-refractivity contribution in [3.63, 3.8) is 0 Å². The van der Waals surface area contributed by atoms with Crippen molar-refractivity contribution in [2.24, 2.45) is 0 Å². The van der Waals surface area contributed by atoms with Crippen LogP contribution in [0.4, 0.5) is 0 Å². The van der Waals surface area contributed by atoms with Gasteiger partial charge in [0.05, 0.1) is 0 Å². The van der Waals surface area contributed by atoms with Gasteiger partial charge >= 0.3 is 11.9 Å². The van der Waals surface area contributed by atoms with Gasteiger partial charge in [0.15, 0.2) is 0 Å². The minimum absolute atomic E-state index is 0.0627. The fourth-order valence-corrected chi connectivity index (χ4v) is 2.03. The van der Waals surface area contributed by atoms with Crippen LogP contribution in [0.5, 0.6) is 0 Å². The molecule has 0 aromatic rings. The summed E-state index contributed by atoms with van der Waals surface area (Å²) in [6.07, 6.45) is 0.363. The molecule has 0 aromatic heterocycles. The fourth-order valence-electron chi connectivity index (χ4n) is 1.77. The molecule has 25 heavy (non-hydrogen) atoms. The van der Waals surface area contributed by atoms with Crippen molar-refractivity contribution in [3.8, 4) is 0 Å². The second-order valence-corrected chi connectivity index (χ2v) is 5.53. The maximum absolute atomic E-state index is 11.8. The summed E-state index contributed by atoms with van der Waals surface area (Å²) in [6.45, 7) is 1.18. The first-order valence-corrected chi connectivity index (χ1v) is 8.26. The van der Waals surface area contributed by atoms with E-state index in [4.69, 9.17) is 10.2 Å². The molecule has 0 aliphatic carbocycles. The quantitative estimate of drug-likeness (QED) is 0.232. The monoisotopic (exact) mass is 377 g/mol. The van der Waals surface area contributed by atoms with E-state index in [1.165, 1.54) is 0 Å². The van der Waals surface area contributed by atoms with E-state index in [0.29, 0.717) is 6.42 Å². The zero-order valence-electron chi connectivity index (χ0n) is 13.8. The molecule has 10 nitrogen and oxygen atoms in total. The second-order valence-electron chi connectivity index (χ2n) is 5.16. The highest BCUT2D eigenvalue weighted by molar-refractivity contribution is 7.80. The predicted octanol–water partition coefficient (Wildman–Crippen LogP) is -1.25. The van der Waals surface area contributed by atoms with Gasteiger partial charge in [-0.15, -0.1) is 0 Å². The van der Waals surface area contributed by atoms with Crippen LogP contribution in [0.1, 0.15) is 32.6 Å². The smallest absolute Gasteiger partial charge is 0.326 e. The van der Waals surface area contributed by atoms with Gasteiger partial charge in [0.1, 0.15) is 18.6 Å². The van der Waals surface area contributed by atoms with Crippen molar-refractivity contribution >= 4 is 42.3 Å². The average Bonchev–Trinajstić information content (AvgIpc) is 2.54. The molecule has 0 saturated heterocycles. The largest absolute Gasteiger partial charge is 0.480 e. The van der Waals surface area contributed by atoms with E-state index in [1.54, 1.807) is 6.92 Å².